The molecule has 0 spiro atoms. The summed E-state index contributed by atoms with van der Waals surface area (Å²) >= 11 is 0. The zero-order chi connectivity index (χ0) is 43.4. The van der Waals surface area contributed by atoms with Gasteiger partial charge in [0, 0.05) is 18.2 Å². The third-order valence-electron chi connectivity index (χ3n) is 13.3. The van der Waals surface area contributed by atoms with Gasteiger partial charge in [0.2, 0.25) is 11.8 Å². The third kappa shape index (κ3) is 7.40. The van der Waals surface area contributed by atoms with Crippen molar-refractivity contribution < 1.29 is 33.4 Å². The van der Waals surface area contributed by atoms with Crippen molar-refractivity contribution in [3.05, 3.63) is 78.0 Å². The lowest BCUT2D eigenvalue weighted by Gasteiger charge is -2.37. The summed E-state index contributed by atoms with van der Waals surface area (Å²) in [5.41, 5.74) is 8.75. The predicted molar refractivity (Wildman–Crippen MR) is 232 cm³/mol. The maximum Gasteiger partial charge on any atom is 0.407 e. The number of benzene rings is 3. The fourth-order valence-electron chi connectivity index (χ4n) is 10.1. The number of alkyl carbamates (subject to hydrolysis) is 2. The first-order chi connectivity index (χ1) is 29.9. The van der Waals surface area contributed by atoms with Crippen LogP contribution in [0, 0.1) is 17.8 Å². The summed E-state index contributed by atoms with van der Waals surface area (Å²) in [5.74, 6) is 2.13. The first-order valence-electron chi connectivity index (χ1n) is 21.7. The number of nitrogens with one attached hydrogen (secondary N) is 4. The summed E-state index contributed by atoms with van der Waals surface area (Å²) < 4.78 is 16.0. The molecule has 2 aromatic heterocycles. The average molecular weight is 843 g/mol. The Balaban J connectivity index is 0.920. The topological polar surface area (TPSA) is 184 Å². The monoisotopic (exact) mass is 842 g/mol. The number of nitrogens with zero attached hydrogens (tertiary/aromatic N) is 4. The maximum absolute atomic E-state index is 14.1. The molecule has 3 aromatic carbocycles. The fourth-order valence-corrected chi connectivity index (χ4v) is 10.1. The van der Waals surface area contributed by atoms with Crippen LogP contribution < -0.4 is 15.4 Å². The summed E-state index contributed by atoms with van der Waals surface area (Å²) in [4.78, 5) is 72.5. The van der Waals surface area contributed by atoms with E-state index in [2.05, 4.69) is 69.1 Å². The number of carbonyl (C=O) groups excluding carboxylic acids is 4. The second-order valence-electron chi connectivity index (χ2n) is 17.7. The van der Waals surface area contributed by atoms with E-state index >= 15 is 0 Å². The van der Waals surface area contributed by atoms with Crippen LogP contribution in [0.1, 0.15) is 89.1 Å². The number of amides is 4. The number of imidazole rings is 2. The highest BCUT2D eigenvalue weighted by molar-refractivity contribution is 5.89. The van der Waals surface area contributed by atoms with Crippen molar-refractivity contribution in [1.29, 1.82) is 0 Å². The molecule has 2 bridgehead atoms. The van der Waals surface area contributed by atoms with Gasteiger partial charge in [-0.15, -0.1) is 0 Å². The normalized spacial score (nSPS) is 21.1. The number of rotatable bonds is 10. The number of hydrogen-bond donors (Lipinski definition) is 4. The Morgan fingerprint density at radius 3 is 2.23 bits per heavy atom. The molecule has 1 unspecified atom stereocenters. The largest absolute Gasteiger partial charge is 0.488 e. The molecule has 4 amide bonds. The third-order valence-corrected chi connectivity index (χ3v) is 13.3. The number of aromatic nitrogens is 4. The molecule has 5 aromatic rings. The van der Waals surface area contributed by atoms with Crippen LogP contribution in [0.25, 0.3) is 44.5 Å². The van der Waals surface area contributed by atoms with Crippen LogP contribution in [0.3, 0.4) is 0 Å². The molecule has 324 valence electrons. The van der Waals surface area contributed by atoms with E-state index in [1.165, 1.54) is 14.2 Å². The number of aromatic amines is 2. The standard InChI is InChI=1S/C47H54N8O7/c1-24(2)39(52-46(58)60-5)44(56)54-17-7-8-37(54)42-48-22-36(51-42)28-11-14-32-30(18-28)23-62-38-21-27(10-15-33(32)38)26-12-16-34-35(20-26)50-43(49-34)41-29-9-13-31(19-29)55(41)45(57)40(25(3)4)53-47(59)61-6/h10-12,14-16,18,20-22,24-25,29,31,37,39-41H,7-9,13,17,19,23H2,1-6H3,(H,48,51)(H,49,50)(H,52,58)(H,53,59)/t29-,31+,37-,39-,40?,41-/m0/s1. The molecule has 9 rings (SSSR count). The Kier molecular flexibility index (Phi) is 10.9. The van der Waals surface area contributed by atoms with Crippen LogP contribution in [0.4, 0.5) is 9.59 Å². The zero-order valence-corrected chi connectivity index (χ0v) is 36.0. The summed E-state index contributed by atoms with van der Waals surface area (Å²) in [6.07, 6.45) is 5.09. The van der Waals surface area contributed by atoms with Crippen molar-refractivity contribution in [2.75, 3.05) is 20.8 Å². The van der Waals surface area contributed by atoms with Crippen LogP contribution >= 0.6 is 0 Å². The lowest BCUT2D eigenvalue weighted by atomic mass is 9.92. The minimum atomic E-state index is -0.697. The van der Waals surface area contributed by atoms with E-state index < -0.39 is 24.3 Å². The summed E-state index contributed by atoms with van der Waals surface area (Å²) in [5, 5.41) is 5.48. The van der Waals surface area contributed by atoms with Crippen molar-refractivity contribution in [3.63, 3.8) is 0 Å². The molecule has 5 heterocycles. The zero-order valence-electron chi connectivity index (χ0n) is 36.0. The highest BCUT2D eigenvalue weighted by Crippen LogP contribution is 2.50. The number of carbonyl (C=O) groups is 4. The smallest absolute Gasteiger partial charge is 0.407 e. The van der Waals surface area contributed by atoms with Crippen molar-refractivity contribution in [2.45, 2.75) is 96.6 Å². The van der Waals surface area contributed by atoms with Gasteiger partial charge in [0.1, 0.15) is 36.1 Å². The molecule has 15 heteroatoms. The van der Waals surface area contributed by atoms with Crippen molar-refractivity contribution in [2.24, 2.45) is 17.8 Å². The second-order valence-corrected chi connectivity index (χ2v) is 17.7. The molecule has 62 heavy (non-hydrogen) atoms. The van der Waals surface area contributed by atoms with Crippen molar-refractivity contribution in [1.82, 2.24) is 40.4 Å². The highest BCUT2D eigenvalue weighted by Gasteiger charge is 2.51. The number of ether oxygens (including phenoxy) is 3. The van der Waals surface area contributed by atoms with E-state index in [1.54, 1.807) is 0 Å². The molecule has 3 fully saturated rings. The van der Waals surface area contributed by atoms with Crippen molar-refractivity contribution >= 4 is 35.0 Å². The SMILES string of the molecule is COC(=O)NC(C(=O)N1[C@@H]2CC[C@@H](C2)[C@H]1c1nc2ccc(-c3ccc4c(c3)OCc3cc(-c5cnc([C@@H]6CCCN6C(=O)[C@@H](NC(=O)OC)C(C)C)[nH]5)ccc3-4)cc2[nH]1)C(C)C. The van der Waals surface area contributed by atoms with Gasteiger partial charge in [0.15, 0.2) is 0 Å². The quantitative estimate of drug-likeness (QED) is 0.110. The number of methoxy groups -OCH3 is 2. The minimum Gasteiger partial charge on any atom is -0.488 e. The lowest BCUT2D eigenvalue weighted by Crippen LogP contribution is -2.54. The molecule has 15 nitrogen and oxygen atoms in total. The Labute approximate surface area is 360 Å². The van der Waals surface area contributed by atoms with E-state index in [-0.39, 0.29) is 41.8 Å². The Morgan fingerprint density at radius 1 is 0.790 bits per heavy atom. The molecule has 6 atom stereocenters. The molecule has 1 saturated carbocycles. The Bertz CT molecular complexity index is 2550. The maximum atomic E-state index is 14.1. The molecular formula is C47H54N8O7. The minimum absolute atomic E-state index is 0.0973. The van der Waals surface area contributed by atoms with E-state index in [0.717, 1.165) is 99.6 Å². The van der Waals surface area contributed by atoms with Crippen LogP contribution in [0.2, 0.25) is 0 Å². The summed E-state index contributed by atoms with van der Waals surface area (Å²) in [6.45, 7) is 8.66. The fraction of sp³-hybridized carbons (Fsp3) is 0.447. The van der Waals surface area contributed by atoms with E-state index in [4.69, 9.17) is 24.2 Å². The highest BCUT2D eigenvalue weighted by atomic mass is 16.5. The molecule has 0 radical (unpaired) electrons. The number of piperidine rings is 1. The molecule has 2 saturated heterocycles. The molecule has 4 N–H and O–H groups in total. The van der Waals surface area contributed by atoms with Gasteiger partial charge in [0.25, 0.3) is 0 Å². The number of H-pyrrole nitrogens is 2. The van der Waals surface area contributed by atoms with Gasteiger partial charge in [-0.05, 0) is 102 Å². The van der Waals surface area contributed by atoms with Crippen LogP contribution in [0.5, 0.6) is 5.75 Å². The van der Waals surface area contributed by atoms with Gasteiger partial charge in [0.05, 0.1) is 49.2 Å². The predicted octanol–water partition coefficient (Wildman–Crippen LogP) is 7.66. The molecule has 3 aliphatic heterocycles. The molecule has 4 aliphatic rings. The van der Waals surface area contributed by atoms with Crippen LogP contribution in [0.15, 0.2) is 60.8 Å². The van der Waals surface area contributed by atoms with Gasteiger partial charge in [-0.1, -0.05) is 58.0 Å². The Hall–Kier alpha value is -6.38. The van der Waals surface area contributed by atoms with Gasteiger partial charge in [-0.25, -0.2) is 19.6 Å². The van der Waals surface area contributed by atoms with Crippen LogP contribution in [-0.2, 0) is 25.7 Å². The number of likely N-dealkylation sites (tertiary alicyclic amines) is 2. The van der Waals surface area contributed by atoms with E-state index in [0.29, 0.717) is 19.1 Å². The number of hydrogen-bond acceptors (Lipinski definition) is 9. The molecule has 1 aliphatic carbocycles. The first-order valence-corrected chi connectivity index (χ1v) is 21.7. The lowest BCUT2D eigenvalue weighted by molar-refractivity contribution is -0.139. The summed E-state index contributed by atoms with van der Waals surface area (Å²) in [6, 6.07) is 17.1. The van der Waals surface area contributed by atoms with Gasteiger partial charge < -0.3 is 44.6 Å². The van der Waals surface area contributed by atoms with E-state index in [9.17, 15) is 19.2 Å². The van der Waals surface area contributed by atoms with Crippen LogP contribution in [-0.4, -0.2) is 92.6 Å². The van der Waals surface area contributed by atoms with Gasteiger partial charge in [-0.2, -0.15) is 0 Å². The first kappa shape index (κ1) is 41.0. The van der Waals surface area contributed by atoms with Crippen molar-refractivity contribution in [3.8, 4) is 39.3 Å². The molecular weight excluding hydrogens is 789 g/mol. The number of fused-ring (bicyclic) bond motifs is 6. The Morgan fingerprint density at radius 2 is 1.48 bits per heavy atom. The van der Waals surface area contributed by atoms with Gasteiger partial charge >= 0.3 is 12.2 Å². The summed E-state index contributed by atoms with van der Waals surface area (Å²) in [7, 11) is 2.60. The van der Waals surface area contributed by atoms with E-state index in [1.807, 2.05) is 49.8 Å². The average Bonchev–Trinajstić information content (AvgIpc) is 4.14. The second kappa shape index (κ2) is 16.5. The van der Waals surface area contributed by atoms with Gasteiger partial charge in [-0.3, -0.25) is 9.59 Å².